The molecule has 0 bridgehead atoms. The first-order chi connectivity index (χ1) is 20.0. The maximum absolute atomic E-state index is 13.5. The molecular formula is C31H44N4O6S. The normalized spacial score (nSPS) is 20.8. The maximum atomic E-state index is 13.5. The third kappa shape index (κ3) is 7.95. The Hall–Kier alpha value is -3.31. The van der Waals surface area contributed by atoms with Crippen molar-refractivity contribution >= 4 is 27.6 Å². The minimum Gasteiger partial charge on any atom is -0.488 e. The van der Waals surface area contributed by atoms with Crippen molar-refractivity contribution < 1.29 is 27.9 Å². The monoisotopic (exact) mass is 600 g/mol. The zero-order chi connectivity index (χ0) is 30.4. The molecule has 1 heterocycles. The number of carbonyl (C=O) groups is 2. The van der Waals surface area contributed by atoms with Gasteiger partial charge in [-0.1, -0.05) is 43.9 Å². The summed E-state index contributed by atoms with van der Waals surface area (Å²) in [6.07, 6.45) is 4.91. The van der Waals surface area contributed by atoms with E-state index in [2.05, 4.69) is 10.0 Å². The Morgan fingerprint density at radius 1 is 1.14 bits per heavy atom. The van der Waals surface area contributed by atoms with Gasteiger partial charge in [0.15, 0.2) is 0 Å². The van der Waals surface area contributed by atoms with Gasteiger partial charge in [-0.05, 0) is 57.0 Å². The average molecular weight is 601 g/mol. The molecule has 2 aliphatic rings. The van der Waals surface area contributed by atoms with Crippen LogP contribution in [0.2, 0.25) is 0 Å². The number of aliphatic hydroxyl groups excluding tert-OH is 1. The predicted molar refractivity (Wildman–Crippen MR) is 162 cm³/mol. The zero-order valence-corrected chi connectivity index (χ0v) is 25.8. The van der Waals surface area contributed by atoms with Crippen LogP contribution in [0, 0.1) is 12.8 Å². The van der Waals surface area contributed by atoms with Gasteiger partial charge in [-0.15, -0.1) is 0 Å². The van der Waals surface area contributed by atoms with Crippen LogP contribution < -0.4 is 14.8 Å². The summed E-state index contributed by atoms with van der Waals surface area (Å²) in [5.41, 5.74) is 1.78. The number of benzene rings is 2. The number of anilines is 1. The molecule has 0 spiro atoms. The highest BCUT2D eigenvalue weighted by atomic mass is 32.2. The van der Waals surface area contributed by atoms with Crippen molar-refractivity contribution in [2.75, 3.05) is 31.5 Å². The number of likely N-dealkylation sites (N-methyl/N-ethyl adjacent to an activating group) is 1. The highest BCUT2D eigenvalue weighted by Crippen LogP contribution is 2.30. The fourth-order valence-electron chi connectivity index (χ4n) is 5.53. The van der Waals surface area contributed by atoms with E-state index in [1.807, 2.05) is 13.8 Å². The number of ether oxygens (including phenoxy) is 1. The molecule has 11 heteroatoms. The summed E-state index contributed by atoms with van der Waals surface area (Å²) in [7, 11) is -2.11. The van der Waals surface area contributed by atoms with Crippen molar-refractivity contribution in [1.82, 2.24) is 15.1 Å². The molecule has 2 aromatic carbocycles. The van der Waals surface area contributed by atoms with Gasteiger partial charge in [0, 0.05) is 36.8 Å². The van der Waals surface area contributed by atoms with Crippen molar-refractivity contribution in [3.63, 3.8) is 0 Å². The summed E-state index contributed by atoms with van der Waals surface area (Å²) in [5.74, 6) is 0.0902. The number of sulfonamides is 1. The van der Waals surface area contributed by atoms with Crippen LogP contribution in [0.15, 0.2) is 47.4 Å². The van der Waals surface area contributed by atoms with Gasteiger partial charge in [0.2, 0.25) is 5.91 Å². The van der Waals surface area contributed by atoms with Crippen LogP contribution in [0.3, 0.4) is 0 Å². The summed E-state index contributed by atoms with van der Waals surface area (Å²) < 4.78 is 35.2. The molecule has 0 saturated heterocycles. The van der Waals surface area contributed by atoms with E-state index in [4.69, 9.17) is 4.74 Å². The van der Waals surface area contributed by atoms with Crippen LogP contribution in [0.25, 0.3) is 0 Å². The summed E-state index contributed by atoms with van der Waals surface area (Å²) in [4.78, 5) is 29.9. The molecule has 0 radical (unpaired) electrons. The van der Waals surface area contributed by atoms with Gasteiger partial charge < -0.3 is 25.0 Å². The van der Waals surface area contributed by atoms with Crippen molar-refractivity contribution in [2.45, 2.75) is 82.4 Å². The third-order valence-electron chi connectivity index (χ3n) is 8.23. The van der Waals surface area contributed by atoms with Gasteiger partial charge in [0.25, 0.3) is 10.0 Å². The Bertz CT molecular complexity index is 1340. The molecule has 1 fully saturated rings. The Labute approximate surface area is 249 Å². The highest BCUT2D eigenvalue weighted by Gasteiger charge is 2.32. The van der Waals surface area contributed by atoms with Gasteiger partial charge in [-0.25, -0.2) is 13.2 Å². The number of aliphatic hydroxyl groups is 1. The lowest BCUT2D eigenvalue weighted by Gasteiger charge is -2.34. The minimum atomic E-state index is -3.85. The topological polar surface area (TPSA) is 128 Å². The van der Waals surface area contributed by atoms with E-state index in [9.17, 15) is 23.1 Å². The van der Waals surface area contributed by atoms with Gasteiger partial charge in [-0.2, -0.15) is 0 Å². The second-order valence-electron chi connectivity index (χ2n) is 11.8. The lowest BCUT2D eigenvalue weighted by molar-refractivity contribution is -0.134. The summed E-state index contributed by atoms with van der Waals surface area (Å²) >= 11 is 0. The first-order valence-corrected chi connectivity index (χ1v) is 16.3. The van der Waals surface area contributed by atoms with Crippen molar-refractivity contribution in [2.24, 2.45) is 5.92 Å². The molecule has 10 nitrogen and oxygen atoms in total. The lowest BCUT2D eigenvalue weighted by atomic mass is 9.96. The number of urea groups is 1. The van der Waals surface area contributed by atoms with Gasteiger partial charge in [0.1, 0.15) is 11.9 Å². The third-order valence-corrected chi connectivity index (χ3v) is 9.63. The number of amides is 3. The number of nitrogens with one attached hydrogen (secondary N) is 2. The highest BCUT2D eigenvalue weighted by molar-refractivity contribution is 7.92. The van der Waals surface area contributed by atoms with Crippen LogP contribution >= 0.6 is 0 Å². The van der Waals surface area contributed by atoms with E-state index in [0.29, 0.717) is 23.5 Å². The van der Waals surface area contributed by atoms with E-state index >= 15 is 0 Å². The van der Waals surface area contributed by atoms with Crippen molar-refractivity contribution in [3.05, 3.63) is 53.6 Å². The number of rotatable bonds is 8. The fourth-order valence-corrected chi connectivity index (χ4v) is 6.58. The van der Waals surface area contributed by atoms with Crippen LogP contribution in [-0.4, -0.2) is 80.2 Å². The summed E-state index contributed by atoms with van der Waals surface area (Å²) in [6, 6.07) is 11.1. The first kappa shape index (κ1) is 31.6. The van der Waals surface area contributed by atoms with E-state index in [1.165, 1.54) is 6.42 Å². The molecule has 1 aliphatic heterocycles. The second kappa shape index (κ2) is 13.8. The number of hydrogen-bond donors (Lipinski definition) is 3. The largest absolute Gasteiger partial charge is 0.488 e. The Morgan fingerprint density at radius 2 is 1.83 bits per heavy atom. The quantitative estimate of drug-likeness (QED) is 0.422. The van der Waals surface area contributed by atoms with E-state index in [-0.39, 0.29) is 48.4 Å². The number of fused-ring (bicyclic) bond motifs is 1. The van der Waals surface area contributed by atoms with Gasteiger partial charge >= 0.3 is 6.03 Å². The minimum absolute atomic E-state index is 0.0305. The molecule has 42 heavy (non-hydrogen) atoms. The van der Waals surface area contributed by atoms with E-state index in [0.717, 1.165) is 31.2 Å². The molecule has 3 N–H and O–H groups in total. The number of hydrogen-bond acceptors (Lipinski definition) is 6. The molecule has 1 saturated carbocycles. The lowest BCUT2D eigenvalue weighted by Crippen LogP contribution is -2.50. The summed E-state index contributed by atoms with van der Waals surface area (Å²) in [6.45, 7) is 6.07. The fraction of sp³-hybridized carbons (Fsp3) is 0.548. The van der Waals surface area contributed by atoms with E-state index in [1.54, 1.807) is 66.2 Å². The Balaban J connectivity index is 1.59. The average Bonchev–Trinajstić information content (AvgIpc) is 3.00. The summed E-state index contributed by atoms with van der Waals surface area (Å²) in [5, 5.41) is 13.0. The smallest absolute Gasteiger partial charge is 0.317 e. The van der Waals surface area contributed by atoms with Crippen LogP contribution in [0.1, 0.15) is 57.1 Å². The standard InChI is InChI=1S/C31H44N4O6S/c1-21-10-13-27(14-11-21)42(39,40)33-26-12-15-28-24(16-26)17-30(37)35(23(3)20-36)18-22(2)29(41-28)19-34(4)31(38)32-25-8-6-5-7-9-25/h10-16,22-23,25,29,33,36H,5-9,17-20H2,1-4H3,(H,32,38)/t22-,23+,29+/m0/s1. The first-order valence-electron chi connectivity index (χ1n) is 14.8. The van der Waals surface area contributed by atoms with Gasteiger partial charge in [0.05, 0.1) is 30.5 Å². The van der Waals surface area contributed by atoms with Gasteiger partial charge in [-0.3, -0.25) is 9.52 Å². The molecule has 3 amide bonds. The van der Waals surface area contributed by atoms with Crippen molar-refractivity contribution in [1.29, 1.82) is 0 Å². The van der Waals surface area contributed by atoms with E-state index < -0.39 is 22.2 Å². The van der Waals surface area contributed by atoms with Crippen molar-refractivity contribution in [3.8, 4) is 5.75 Å². The zero-order valence-electron chi connectivity index (χ0n) is 25.0. The number of carbonyl (C=O) groups excluding carboxylic acids is 2. The van der Waals surface area contributed by atoms with Crippen LogP contribution in [-0.2, 0) is 21.2 Å². The Kier molecular flexibility index (Phi) is 10.4. The molecule has 3 atom stereocenters. The number of nitrogens with zero attached hydrogens (tertiary/aromatic N) is 2. The second-order valence-corrected chi connectivity index (χ2v) is 13.5. The number of aryl methyl sites for hydroxylation is 1. The predicted octanol–water partition coefficient (Wildman–Crippen LogP) is 3.92. The molecular weight excluding hydrogens is 556 g/mol. The molecule has 230 valence electrons. The molecule has 2 aromatic rings. The molecule has 0 aromatic heterocycles. The van der Waals surface area contributed by atoms with Crippen LogP contribution in [0.5, 0.6) is 5.75 Å². The SMILES string of the molecule is Cc1ccc(S(=O)(=O)Nc2ccc3c(c2)CC(=O)N([C@H](C)CO)C[C@H](C)[C@@H](CN(C)C(=O)NC2CCCCC2)O3)cc1. The maximum Gasteiger partial charge on any atom is 0.317 e. The Morgan fingerprint density at radius 3 is 2.50 bits per heavy atom. The molecule has 0 unspecified atom stereocenters. The van der Waals surface area contributed by atoms with Crippen LogP contribution in [0.4, 0.5) is 10.5 Å². The molecule has 4 rings (SSSR count). The molecule has 1 aliphatic carbocycles.